The zero-order valence-electron chi connectivity index (χ0n) is 11.9. The number of aryl methyl sites for hydroxylation is 1. The van der Waals surface area contributed by atoms with Gasteiger partial charge in [0, 0.05) is 31.1 Å². The molecule has 0 fully saturated rings. The number of fused-ring (bicyclic) bond motifs is 1. The third kappa shape index (κ3) is 2.93. The zero-order chi connectivity index (χ0) is 14.8. The Morgan fingerprint density at radius 2 is 2.14 bits per heavy atom. The fourth-order valence-corrected chi connectivity index (χ4v) is 2.86. The van der Waals surface area contributed by atoms with Crippen LogP contribution in [0.15, 0.2) is 18.2 Å². The highest BCUT2D eigenvalue weighted by Gasteiger charge is 2.18. The number of nitrogens with zero attached hydrogens (tertiary/aromatic N) is 3. The summed E-state index contributed by atoms with van der Waals surface area (Å²) >= 11 is 6.31. The van der Waals surface area contributed by atoms with Crippen molar-refractivity contribution in [2.24, 2.45) is 0 Å². The summed E-state index contributed by atoms with van der Waals surface area (Å²) in [7, 11) is 0. The lowest BCUT2D eigenvalue weighted by molar-refractivity contribution is -0.114. The summed E-state index contributed by atoms with van der Waals surface area (Å²) in [6.07, 6.45) is 4.44. The van der Waals surface area contributed by atoms with Gasteiger partial charge in [0.05, 0.1) is 5.02 Å². The number of hydrogen-bond acceptors (Lipinski definition) is 3. The van der Waals surface area contributed by atoms with Crippen LogP contribution in [0.4, 0.5) is 5.69 Å². The molecule has 110 valence electrons. The van der Waals surface area contributed by atoms with Gasteiger partial charge in [-0.05, 0) is 31.0 Å². The van der Waals surface area contributed by atoms with Crippen molar-refractivity contribution in [2.45, 2.75) is 39.2 Å². The molecule has 2 heterocycles. The van der Waals surface area contributed by atoms with Gasteiger partial charge in [-0.15, -0.1) is 10.2 Å². The van der Waals surface area contributed by atoms with E-state index in [9.17, 15) is 4.79 Å². The van der Waals surface area contributed by atoms with E-state index in [4.69, 9.17) is 11.6 Å². The second-order valence-corrected chi connectivity index (χ2v) is 5.69. The van der Waals surface area contributed by atoms with E-state index in [-0.39, 0.29) is 5.91 Å². The third-order valence-corrected chi connectivity index (χ3v) is 3.97. The summed E-state index contributed by atoms with van der Waals surface area (Å²) in [5.41, 5.74) is 1.52. The van der Waals surface area contributed by atoms with Gasteiger partial charge in [0.25, 0.3) is 0 Å². The van der Waals surface area contributed by atoms with Crippen LogP contribution < -0.4 is 5.32 Å². The first-order valence-electron chi connectivity index (χ1n) is 7.15. The number of benzene rings is 1. The molecule has 1 aromatic carbocycles. The highest BCUT2D eigenvalue weighted by atomic mass is 35.5. The molecule has 0 spiro atoms. The Kier molecular flexibility index (Phi) is 3.92. The Bertz CT molecular complexity index is 680. The van der Waals surface area contributed by atoms with Crippen molar-refractivity contribution >= 4 is 23.2 Å². The van der Waals surface area contributed by atoms with Gasteiger partial charge in [0.1, 0.15) is 5.82 Å². The minimum absolute atomic E-state index is 0.108. The Labute approximate surface area is 128 Å². The molecular formula is C15H17ClN4O. The molecule has 0 saturated carbocycles. The molecule has 6 heteroatoms. The van der Waals surface area contributed by atoms with Gasteiger partial charge in [0.15, 0.2) is 5.82 Å². The maximum Gasteiger partial charge on any atom is 0.221 e. The maximum atomic E-state index is 11.2. The van der Waals surface area contributed by atoms with Crippen LogP contribution in [-0.2, 0) is 17.8 Å². The Hall–Kier alpha value is -1.88. The van der Waals surface area contributed by atoms with E-state index >= 15 is 0 Å². The average Bonchev–Trinajstić information content (AvgIpc) is 2.69. The van der Waals surface area contributed by atoms with E-state index in [0.29, 0.717) is 10.7 Å². The molecule has 0 bridgehead atoms. The molecule has 1 aliphatic heterocycles. The fourth-order valence-electron chi connectivity index (χ4n) is 2.66. The van der Waals surface area contributed by atoms with Crippen molar-refractivity contribution in [3.8, 4) is 11.4 Å². The normalized spacial score (nSPS) is 14.4. The molecule has 21 heavy (non-hydrogen) atoms. The number of hydrogen-bond donors (Lipinski definition) is 1. The zero-order valence-corrected chi connectivity index (χ0v) is 12.7. The van der Waals surface area contributed by atoms with Crippen molar-refractivity contribution in [1.82, 2.24) is 14.8 Å². The van der Waals surface area contributed by atoms with E-state index in [1.54, 1.807) is 12.1 Å². The predicted octanol–water partition coefficient (Wildman–Crippen LogP) is 3.28. The number of rotatable bonds is 2. The Morgan fingerprint density at radius 1 is 1.29 bits per heavy atom. The lowest BCUT2D eigenvalue weighted by atomic mass is 10.1. The van der Waals surface area contributed by atoms with Gasteiger partial charge in [-0.3, -0.25) is 4.79 Å². The van der Waals surface area contributed by atoms with E-state index in [1.165, 1.54) is 13.3 Å². The predicted molar refractivity (Wildman–Crippen MR) is 82.3 cm³/mol. The summed E-state index contributed by atoms with van der Waals surface area (Å²) in [5, 5.41) is 12.0. The Morgan fingerprint density at radius 3 is 2.95 bits per heavy atom. The van der Waals surface area contributed by atoms with Crippen LogP contribution in [0.25, 0.3) is 11.4 Å². The van der Waals surface area contributed by atoms with Crippen LogP contribution in [0.3, 0.4) is 0 Å². The van der Waals surface area contributed by atoms with Gasteiger partial charge < -0.3 is 9.88 Å². The molecule has 0 atom stereocenters. The van der Waals surface area contributed by atoms with E-state index in [1.807, 2.05) is 6.07 Å². The van der Waals surface area contributed by atoms with Crippen LogP contribution in [-0.4, -0.2) is 20.7 Å². The molecular weight excluding hydrogens is 288 g/mol. The lowest BCUT2D eigenvalue weighted by Crippen LogP contribution is -2.07. The number of nitrogens with one attached hydrogen (secondary N) is 1. The quantitative estimate of drug-likeness (QED) is 0.926. The second-order valence-electron chi connectivity index (χ2n) is 5.28. The van der Waals surface area contributed by atoms with Crippen molar-refractivity contribution in [2.75, 3.05) is 5.32 Å². The molecule has 1 aliphatic rings. The van der Waals surface area contributed by atoms with Gasteiger partial charge >= 0.3 is 0 Å². The molecule has 1 N–H and O–H groups in total. The SMILES string of the molecule is CC(=O)Nc1ccc(Cl)c(-c2nnc3n2CCCCC3)c1. The van der Waals surface area contributed by atoms with Gasteiger partial charge in [-0.1, -0.05) is 18.0 Å². The number of aromatic nitrogens is 3. The molecule has 0 aliphatic carbocycles. The molecule has 3 rings (SSSR count). The first-order chi connectivity index (χ1) is 10.1. The summed E-state index contributed by atoms with van der Waals surface area (Å²) in [4.78, 5) is 11.2. The van der Waals surface area contributed by atoms with Crippen molar-refractivity contribution in [3.05, 3.63) is 29.0 Å². The summed E-state index contributed by atoms with van der Waals surface area (Å²) in [6, 6.07) is 5.42. The fraction of sp³-hybridized carbons (Fsp3) is 0.400. The monoisotopic (exact) mass is 304 g/mol. The number of halogens is 1. The molecule has 1 aromatic heterocycles. The lowest BCUT2D eigenvalue weighted by Gasteiger charge is -2.10. The first kappa shape index (κ1) is 14.1. The minimum atomic E-state index is -0.108. The van der Waals surface area contributed by atoms with Gasteiger partial charge in [0.2, 0.25) is 5.91 Å². The summed E-state index contributed by atoms with van der Waals surface area (Å²) in [5.74, 6) is 1.69. The van der Waals surface area contributed by atoms with E-state index in [2.05, 4.69) is 20.1 Å². The van der Waals surface area contributed by atoms with Crippen LogP contribution in [0, 0.1) is 0 Å². The number of amides is 1. The molecule has 0 radical (unpaired) electrons. The highest BCUT2D eigenvalue weighted by molar-refractivity contribution is 6.33. The topological polar surface area (TPSA) is 59.8 Å². The smallest absolute Gasteiger partial charge is 0.221 e. The molecule has 0 saturated heterocycles. The van der Waals surface area contributed by atoms with Crippen LogP contribution in [0.5, 0.6) is 0 Å². The standard InChI is InChI=1S/C15H17ClN4O/c1-10(21)17-11-6-7-13(16)12(9-11)15-19-18-14-5-3-2-4-8-20(14)15/h6-7,9H,2-5,8H2,1H3,(H,17,21). The largest absolute Gasteiger partial charge is 0.326 e. The van der Waals surface area contributed by atoms with Gasteiger partial charge in [-0.25, -0.2) is 0 Å². The molecule has 1 amide bonds. The molecule has 0 unspecified atom stereocenters. The van der Waals surface area contributed by atoms with Crippen molar-refractivity contribution in [3.63, 3.8) is 0 Å². The van der Waals surface area contributed by atoms with Crippen molar-refractivity contribution in [1.29, 1.82) is 0 Å². The number of anilines is 1. The van der Waals surface area contributed by atoms with Crippen LogP contribution >= 0.6 is 11.6 Å². The summed E-state index contributed by atoms with van der Waals surface area (Å²) in [6.45, 7) is 2.40. The van der Waals surface area contributed by atoms with Crippen LogP contribution in [0.2, 0.25) is 5.02 Å². The van der Waals surface area contributed by atoms with Crippen LogP contribution in [0.1, 0.15) is 32.0 Å². The molecule has 5 nitrogen and oxygen atoms in total. The maximum absolute atomic E-state index is 11.2. The van der Waals surface area contributed by atoms with Gasteiger partial charge in [-0.2, -0.15) is 0 Å². The van der Waals surface area contributed by atoms with E-state index in [0.717, 1.165) is 43.0 Å². The minimum Gasteiger partial charge on any atom is -0.326 e. The third-order valence-electron chi connectivity index (χ3n) is 3.64. The highest BCUT2D eigenvalue weighted by Crippen LogP contribution is 2.31. The molecule has 2 aromatic rings. The number of carbonyl (C=O) groups is 1. The number of carbonyl (C=O) groups excluding carboxylic acids is 1. The first-order valence-corrected chi connectivity index (χ1v) is 7.52. The summed E-state index contributed by atoms with van der Waals surface area (Å²) < 4.78 is 2.14. The average molecular weight is 305 g/mol. The van der Waals surface area contributed by atoms with E-state index < -0.39 is 0 Å². The Balaban J connectivity index is 2.03. The second kappa shape index (κ2) is 5.85. The van der Waals surface area contributed by atoms with Crippen molar-refractivity contribution < 1.29 is 4.79 Å².